The molecule has 2 aliphatic heterocycles. The minimum absolute atomic E-state index is 0.00119. The highest BCUT2D eigenvalue weighted by atomic mass is 19.1. The van der Waals surface area contributed by atoms with Crippen molar-refractivity contribution in [2.75, 3.05) is 31.1 Å². The highest BCUT2D eigenvalue weighted by molar-refractivity contribution is 5.92. The fraction of sp³-hybridized carbons (Fsp3) is 0.522. The highest BCUT2D eigenvalue weighted by Gasteiger charge is 2.24. The van der Waals surface area contributed by atoms with Crippen molar-refractivity contribution in [2.24, 2.45) is 5.92 Å². The molecule has 5 nitrogen and oxygen atoms in total. The van der Waals surface area contributed by atoms with E-state index in [0.717, 1.165) is 69.7 Å². The number of hydrogen-bond donors (Lipinski definition) is 0. The van der Waals surface area contributed by atoms with E-state index in [9.17, 15) is 9.18 Å². The van der Waals surface area contributed by atoms with E-state index in [1.165, 1.54) is 18.9 Å². The quantitative estimate of drug-likeness (QED) is 0.764. The average molecular weight is 397 g/mol. The van der Waals surface area contributed by atoms with Gasteiger partial charge in [-0.25, -0.2) is 9.37 Å². The topological polar surface area (TPSA) is 49.3 Å². The van der Waals surface area contributed by atoms with E-state index in [-0.39, 0.29) is 11.7 Å². The lowest BCUT2D eigenvalue weighted by Gasteiger charge is -2.34. The number of hydrogen-bond acceptors (Lipinski definition) is 4. The summed E-state index contributed by atoms with van der Waals surface area (Å²) in [5, 5.41) is 0. The SMILES string of the molecule is O=C(c1cncc(N2CCC[C@H](CCc3cccc(F)c3)C2)n1)N1CCCCC1. The van der Waals surface area contributed by atoms with E-state index in [0.29, 0.717) is 11.6 Å². The van der Waals surface area contributed by atoms with Crippen LogP contribution in [0.2, 0.25) is 0 Å². The molecule has 1 amide bonds. The van der Waals surface area contributed by atoms with Gasteiger partial charge in [0.2, 0.25) is 0 Å². The van der Waals surface area contributed by atoms with E-state index < -0.39 is 0 Å². The van der Waals surface area contributed by atoms with E-state index in [1.807, 2.05) is 11.0 Å². The Morgan fingerprint density at radius 3 is 2.79 bits per heavy atom. The second-order valence-electron chi connectivity index (χ2n) is 8.24. The zero-order chi connectivity index (χ0) is 20.1. The lowest BCUT2D eigenvalue weighted by molar-refractivity contribution is 0.0718. The number of piperidine rings is 2. The van der Waals surface area contributed by atoms with Crippen molar-refractivity contribution in [3.63, 3.8) is 0 Å². The first kappa shape index (κ1) is 19.8. The molecule has 3 heterocycles. The molecule has 154 valence electrons. The van der Waals surface area contributed by atoms with Crippen LogP contribution in [0.1, 0.15) is 54.6 Å². The Hall–Kier alpha value is -2.50. The van der Waals surface area contributed by atoms with Gasteiger partial charge in [-0.15, -0.1) is 0 Å². The Morgan fingerprint density at radius 2 is 1.97 bits per heavy atom. The number of amides is 1. The van der Waals surface area contributed by atoms with Gasteiger partial charge < -0.3 is 9.80 Å². The molecule has 0 aliphatic carbocycles. The van der Waals surface area contributed by atoms with Crippen LogP contribution in [0.3, 0.4) is 0 Å². The van der Waals surface area contributed by atoms with E-state index >= 15 is 0 Å². The zero-order valence-electron chi connectivity index (χ0n) is 16.9. The lowest BCUT2D eigenvalue weighted by atomic mass is 9.91. The number of nitrogens with zero attached hydrogens (tertiary/aromatic N) is 4. The molecule has 0 N–H and O–H groups in total. The summed E-state index contributed by atoms with van der Waals surface area (Å²) in [5.74, 6) is 1.16. The first-order chi connectivity index (χ1) is 14.2. The van der Waals surface area contributed by atoms with E-state index in [4.69, 9.17) is 0 Å². The molecule has 29 heavy (non-hydrogen) atoms. The van der Waals surface area contributed by atoms with Crippen LogP contribution in [0, 0.1) is 11.7 Å². The molecule has 2 aromatic rings. The molecular formula is C23H29FN4O. The van der Waals surface area contributed by atoms with Gasteiger partial charge >= 0.3 is 0 Å². The number of halogens is 1. The molecule has 0 bridgehead atoms. The molecule has 1 atom stereocenters. The van der Waals surface area contributed by atoms with E-state index in [2.05, 4.69) is 14.9 Å². The van der Waals surface area contributed by atoms with Crippen molar-refractivity contribution in [1.82, 2.24) is 14.9 Å². The molecule has 4 rings (SSSR count). The smallest absolute Gasteiger partial charge is 0.274 e. The number of rotatable bonds is 5. The van der Waals surface area contributed by atoms with Crippen LogP contribution in [-0.2, 0) is 6.42 Å². The van der Waals surface area contributed by atoms with Crippen molar-refractivity contribution in [2.45, 2.75) is 44.9 Å². The average Bonchev–Trinajstić information content (AvgIpc) is 2.78. The molecule has 0 unspecified atom stereocenters. The summed E-state index contributed by atoms with van der Waals surface area (Å²) in [5.41, 5.74) is 1.50. The second kappa shape index (κ2) is 9.33. The number of carbonyl (C=O) groups excluding carboxylic acids is 1. The fourth-order valence-corrected chi connectivity index (χ4v) is 4.44. The summed E-state index contributed by atoms with van der Waals surface area (Å²) in [7, 11) is 0. The molecule has 1 aromatic heterocycles. The van der Waals surface area contributed by atoms with Gasteiger partial charge in [0.25, 0.3) is 5.91 Å². The summed E-state index contributed by atoms with van der Waals surface area (Å²) in [4.78, 5) is 25.9. The molecule has 0 radical (unpaired) electrons. The van der Waals surface area contributed by atoms with Gasteiger partial charge in [-0.1, -0.05) is 12.1 Å². The number of aryl methyl sites for hydroxylation is 1. The Kier molecular flexibility index (Phi) is 6.37. The van der Waals surface area contributed by atoms with Crippen molar-refractivity contribution in [3.8, 4) is 0 Å². The van der Waals surface area contributed by atoms with Gasteiger partial charge in [0.15, 0.2) is 0 Å². The van der Waals surface area contributed by atoms with Crippen LogP contribution in [0.15, 0.2) is 36.7 Å². The Labute approximate surface area is 172 Å². The maximum Gasteiger partial charge on any atom is 0.274 e. The summed E-state index contributed by atoms with van der Waals surface area (Å²) in [6.07, 6.45) is 10.9. The van der Waals surface area contributed by atoms with Crippen LogP contribution in [0.25, 0.3) is 0 Å². The van der Waals surface area contributed by atoms with Crippen molar-refractivity contribution in [3.05, 3.63) is 53.7 Å². The van der Waals surface area contributed by atoms with Gasteiger partial charge in [0.05, 0.1) is 12.4 Å². The summed E-state index contributed by atoms with van der Waals surface area (Å²) < 4.78 is 13.4. The Balaban J connectivity index is 1.38. The molecule has 2 aliphatic rings. The Bertz CT molecular complexity index is 837. The lowest BCUT2D eigenvalue weighted by Crippen LogP contribution is -2.38. The van der Waals surface area contributed by atoms with Gasteiger partial charge in [-0.3, -0.25) is 9.78 Å². The number of carbonyl (C=O) groups is 1. The summed E-state index contributed by atoms with van der Waals surface area (Å²) in [6.45, 7) is 3.48. The van der Waals surface area contributed by atoms with Crippen LogP contribution in [-0.4, -0.2) is 47.0 Å². The molecule has 0 spiro atoms. The number of likely N-dealkylation sites (tertiary alicyclic amines) is 1. The number of aromatic nitrogens is 2. The zero-order valence-corrected chi connectivity index (χ0v) is 16.9. The van der Waals surface area contributed by atoms with Crippen molar-refractivity contribution in [1.29, 1.82) is 0 Å². The standard InChI is InChI=1S/C23H29FN4O/c24-20-8-4-6-18(14-20)9-10-19-7-5-13-28(17-19)22-16-25-15-21(26-22)23(29)27-11-2-1-3-12-27/h4,6,8,14-16,19H,1-3,5,7,9-13,17H2/t19-/m1/s1. The normalized spacial score (nSPS) is 20.0. The molecule has 2 saturated heterocycles. The third-order valence-corrected chi connectivity index (χ3v) is 6.06. The molecule has 1 aromatic carbocycles. The highest BCUT2D eigenvalue weighted by Crippen LogP contribution is 2.25. The van der Waals surface area contributed by atoms with Crippen LogP contribution in [0.5, 0.6) is 0 Å². The van der Waals surface area contributed by atoms with E-state index in [1.54, 1.807) is 24.5 Å². The van der Waals surface area contributed by atoms with Crippen LogP contribution in [0.4, 0.5) is 10.2 Å². The van der Waals surface area contributed by atoms with Gasteiger partial charge in [0, 0.05) is 26.2 Å². The molecule has 0 saturated carbocycles. The minimum Gasteiger partial charge on any atom is -0.355 e. The Morgan fingerprint density at radius 1 is 1.10 bits per heavy atom. The summed E-state index contributed by atoms with van der Waals surface area (Å²) in [6, 6.07) is 6.88. The van der Waals surface area contributed by atoms with Crippen LogP contribution >= 0.6 is 0 Å². The maximum absolute atomic E-state index is 13.4. The fourth-order valence-electron chi connectivity index (χ4n) is 4.44. The third kappa shape index (κ3) is 5.11. The largest absolute Gasteiger partial charge is 0.355 e. The molecular weight excluding hydrogens is 367 g/mol. The predicted octanol–water partition coefficient (Wildman–Crippen LogP) is 4.09. The predicted molar refractivity (Wildman–Crippen MR) is 111 cm³/mol. The monoisotopic (exact) mass is 396 g/mol. The second-order valence-corrected chi connectivity index (χ2v) is 8.24. The van der Waals surface area contributed by atoms with Gasteiger partial charge in [0.1, 0.15) is 17.3 Å². The summed E-state index contributed by atoms with van der Waals surface area (Å²) >= 11 is 0. The van der Waals surface area contributed by atoms with Crippen molar-refractivity contribution >= 4 is 11.7 Å². The first-order valence-corrected chi connectivity index (χ1v) is 10.8. The molecule has 6 heteroatoms. The number of anilines is 1. The van der Waals surface area contributed by atoms with Crippen molar-refractivity contribution < 1.29 is 9.18 Å². The van der Waals surface area contributed by atoms with Crippen LogP contribution < -0.4 is 4.90 Å². The van der Waals surface area contributed by atoms with Gasteiger partial charge in [-0.05, 0) is 68.6 Å². The first-order valence-electron chi connectivity index (χ1n) is 10.8. The molecule has 2 fully saturated rings. The van der Waals surface area contributed by atoms with Gasteiger partial charge in [-0.2, -0.15) is 0 Å². The minimum atomic E-state index is -0.168. The number of benzene rings is 1. The maximum atomic E-state index is 13.4. The third-order valence-electron chi connectivity index (χ3n) is 6.06.